The van der Waals surface area contributed by atoms with E-state index in [1.165, 1.54) is 5.56 Å². The zero-order valence-corrected chi connectivity index (χ0v) is 13.0. The lowest BCUT2D eigenvalue weighted by atomic mass is 9.96. The summed E-state index contributed by atoms with van der Waals surface area (Å²) in [4.78, 5) is 8.27. The van der Waals surface area contributed by atoms with Crippen molar-refractivity contribution in [3.8, 4) is 16.9 Å². The van der Waals surface area contributed by atoms with Crippen LogP contribution in [0.2, 0.25) is 0 Å². The fourth-order valence-electron chi connectivity index (χ4n) is 3.31. The van der Waals surface area contributed by atoms with Gasteiger partial charge < -0.3 is 9.72 Å². The van der Waals surface area contributed by atoms with Gasteiger partial charge in [0, 0.05) is 11.8 Å². The Morgan fingerprint density at radius 3 is 2.96 bits per heavy atom. The Kier molecular flexibility index (Phi) is 2.91. The number of H-pyrrole nitrogens is 2. The number of benzene rings is 2. The lowest BCUT2D eigenvalue weighted by Gasteiger charge is -2.23. The first-order valence-electron chi connectivity index (χ1n) is 8.06. The highest BCUT2D eigenvalue weighted by molar-refractivity contribution is 5.81. The molecule has 0 amide bonds. The highest BCUT2D eigenvalue weighted by Crippen LogP contribution is 2.32. The third-order valence-corrected chi connectivity index (χ3v) is 4.60. The van der Waals surface area contributed by atoms with Crippen LogP contribution >= 0.6 is 0 Å². The number of imidazole rings is 1. The highest BCUT2D eigenvalue weighted by atomic mass is 16.5. The van der Waals surface area contributed by atoms with Gasteiger partial charge in [-0.05, 0) is 35.7 Å². The first-order valence-corrected chi connectivity index (χ1v) is 8.06. The zero-order chi connectivity index (χ0) is 15.9. The Morgan fingerprint density at radius 2 is 2.04 bits per heavy atom. The minimum absolute atomic E-state index is 0.254. The van der Waals surface area contributed by atoms with Crippen molar-refractivity contribution in [1.82, 2.24) is 20.2 Å². The summed E-state index contributed by atoms with van der Waals surface area (Å²) < 4.78 is 5.90. The second-order valence-electron chi connectivity index (χ2n) is 6.16. The molecule has 2 aromatic carbocycles. The molecule has 0 radical (unpaired) electrons. The van der Waals surface area contributed by atoms with E-state index in [0.717, 1.165) is 40.2 Å². The van der Waals surface area contributed by atoms with Crippen LogP contribution in [0, 0.1) is 0 Å². The summed E-state index contributed by atoms with van der Waals surface area (Å²) in [5, 5.41) is 6.86. The maximum Gasteiger partial charge on any atom is 0.122 e. The Hall–Kier alpha value is -3.08. The van der Waals surface area contributed by atoms with E-state index in [4.69, 9.17) is 9.72 Å². The van der Waals surface area contributed by atoms with Gasteiger partial charge in [0.15, 0.2) is 0 Å². The van der Waals surface area contributed by atoms with Crippen molar-refractivity contribution in [1.29, 1.82) is 0 Å². The van der Waals surface area contributed by atoms with Crippen LogP contribution in [-0.4, -0.2) is 26.8 Å². The quantitative estimate of drug-likeness (QED) is 0.593. The van der Waals surface area contributed by atoms with Gasteiger partial charge in [-0.1, -0.05) is 24.3 Å². The van der Waals surface area contributed by atoms with Gasteiger partial charge in [-0.2, -0.15) is 5.10 Å². The SMILES string of the molecule is c1ccc2c(c1)CC(c1nc3cc(-c4cn[nH]c4)ccc3[nH]1)CO2. The van der Waals surface area contributed by atoms with Crippen molar-refractivity contribution in [2.24, 2.45) is 0 Å². The molecule has 2 aromatic heterocycles. The first kappa shape index (κ1) is 13.4. The normalized spacial score (nSPS) is 16.8. The average Bonchev–Trinajstić information content (AvgIpc) is 3.30. The summed E-state index contributed by atoms with van der Waals surface area (Å²) in [7, 11) is 0. The zero-order valence-electron chi connectivity index (χ0n) is 13.0. The van der Waals surface area contributed by atoms with Gasteiger partial charge in [0.2, 0.25) is 0 Å². The maximum atomic E-state index is 5.90. The van der Waals surface area contributed by atoms with Gasteiger partial charge >= 0.3 is 0 Å². The maximum absolute atomic E-state index is 5.90. The van der Waals surface area contributed by atoms with Crippen molar-refractivity contribution >= 4 is 11.0 Å². The summed E-state index contributed by atoms with van der Waals surface area (Å²) >= 11 is 0. The highest BCUT2D eigenvalue weighted by Gasteiger charge is 2.23. The molecule has 0 saturated carbocycles. The number of para-hydroxylation sites is 1. The molecule has 5 heteroatoms. The van der Waals surface area contributed by atoms with Gasteiger partial charge in [0.25, 0.3) is 0 Å². The number of aromatic nitrogens is 4. The number of fused-ring (bicyclic) bond motifs is 2. The molecule has 2 N–H and O–H groups in total. The average molecular weight is 316 g/mol. The van der Waals surface area contributed by atoms with Crippen LogP contribution in [0.15, 0.2) is 54.9 Å². The van der Waals surface area contributed by atoms with Crippen LogP contribution in [0.1, 0.15) is 17.3 Å². The Balaban J connectivity index is 1.50. The van der Waals surface area contributed by atoms with E-state index < -0.39 is 0 Å². The molecule has 1 atom stereocenters. The van der Waals surface area contributed by atoms with Gasteiger partial charge in [-0.15, -0.1) is 0 Å². The molecular formula is C19H16N4O. The standard InChI is InChI=1S/C19H16N4O/c1-2-4-18-13(3-1)7-14(11-24-18)19-22-16-6-5-12(8-17(16)23-19)15-9-20-21-10-15/h1-6,8-10,14H,7,11H2,(H,20,21)(H,22,23). The van der Waals surface area contributed by atoms with Crippen LogP contribution < -0.4 is 4.74 Å². The van der Waals surface area contributed by atoms with E-state index in [1.54, 1.807) is 0 Å². The van der Waals surface area contributed by atoms with Crippen LogP contribution in [-0.2, 0) is 6.42 Å². The van der Waals surface area contributed by atoms with Gasteiger partial charge in [-0.3, -0.25) is 5.10 Å². The topological polar surface area (TPSA) is 66.6 Å². The summed E-state index contributed by atoms with van der Waals surface area (Å²) in [6.07, 6.45) is 4.66. The predicted molar refractivity (Wildman–Crippen MR) is 92.1 cm³/mol. The molecule has 1 unspecified atom stereocenters. The van der Waals surface area contributed by atoms with Crippen LogP contribution in [0.5, 0.6) is 5.75 Å². The smallest absolute Gasteiger partial charge is 0.122 e. The van der Waals surface area contributed by atoms with Crippen molar-refractivity contribution in [2.45, 2.75) is 12.3 Å². The lowest BCUT2D eigenvalue weighted by molar-refractivity contribution is 0.258. The third kappa shape index (κ3) is 2.17. The number of nitrogens with zero attached hydrogens (tertiary/aromatic N) is 2. The Bertz CT molecular complexity index is 1000. The summed E-state index contributed by atoms with van der Waals surface area (Å²) in [6, 6.07) is 14.5. The van der Waals surface area contributed by atoms with Crippen molar-refractivity contribution in [3.05, 3.63) is 66.2 Å². The molecule has 0 aliphatic carbocycles. The van der Waals surface area contributed by atoms with Gasteiger partial charge in [0.1, 0.15) is 11.6 Å². The predicted octanol–water partition coefficient (Wildman–Crippen LogP) is 3.67. The molecule has 0 bridgehead atoms. The number of rotatable bonds is 2. The van der Waals surface area contributed by atoms with E-state index in [9.17, 15) is 0 Å². The molecule has 24 heavy (non-hydrogen) atoms. The summed E-state index contributed by atoms with van der Waals surface area (Å²) in [5.74, 6) is 2.24. The van der Waals surface area contributed by atoms with Crippen molar-refractivity contribution in [2.75, 3.05) is 6.61 Å². The molecule has 0 saturated heterocycles. The third-order valence-electron chi connectivity index (χ3n) is 4.60. The summed E-state index contributed by atoms with van der Waals surface area (Å²) in [5.41, 5.74) is 5.45. The fraction of sp³-hybridized carbons (Fsp3) is 0.158. The van der Waals surface area contributed by atoms with E-state index >= 15 is 0 Å². The van der Waals surface area contributed by atoms with Gasteiger partial charge in [0.05, 0.1) is 29.8 Å². The molecule has 3 heterocycles. The summed E-state index contributed by atoms with van der Waals surface area (Å²) in [6.45, 7) is 0.658. The molecule has 5 rings (SSSR count). The molecule has 1 aliphatic rings. The number of hydrogen-bond acceptors (Lipinski definition) is 3. The second-order valence-corrected chi connectivity index (χ2v) is 6.16. The van der Waals surface area contributed by atoms with E-state index in [1.807, 2.05) is 24.5 Å². The molecule has 5 nitrogen and oxygen atoms in total. The van der Waals surface area contributed by atoms with Gasteiger partial charge in [-0.25, -0.2) is 4.98 Å². The second kappa shape index (κ2) is 5.23. The molecule has 118 valence electrons. The molecule has 1 aliphatic heterocycles. The number of nitrogens with one attached hydrogen (secondary N) is 2. The number of aromatic amines is 2. The van der Waals surface area contributed by atoms with Crippen LogP contribution in [0.25, 0.3) is 22.2 Å². The van der Waals surface area contributed by atoms with E-state index in [0.29, 0.717) is 6.61 Å². The first-order chi connectivity index (χ1) is 11.9. The largest absolute Gasteiger partial charge is 0.493 e. The molecule has 4 aromatic rings. The van der Waals surface area contributed by atoms with E-state index in [-0.39, 0.29) is 5.92 Å². The lowest BCUT2D eigenvalue weighted by Crippen LogP contribution is -2.20. The monoisotopic (exact) mass is 316 g/mol. The van der Waals surface area contributed by atoms with Crippen molar-refractivity contribution in [3.63, 3.8) is 0 Å². The molecule has 0 spiro atoms. The number of ether oxygens (including phenoxy) is 1. The van der Waals surface area contributed by atoms with Crippen molar-refractivity contribution < 1.29 is 4.74 Å². The fourth-order valence-corrected chi connectivity index (χ4v) is 3.31. The van der Waals surface area contributed by atoms with Crippen LogP contribution in [0.4, 0.5) is 0 Å². The number of hydrogen-bond donors (Lipinski definition) is 2. The van der Waals surface area contributed by atoms with E-state index in [2.05, 4.69) is 45.5 Å². The molecule has 0 fully saturated rings. The van der Waals surface area contributed by atoms with Crippen LogP contribution in [0.3, 0.4) is 0 Å². The molecular weight excluding hydrogens is 300 g/mol. The minimum atomic E-state index is 0.254. The Labute approximate surface area is 138 Å². The Morgan fingerprint density at radius 1 is 1.08 bits per heavy atom. The minimum Gasteiger partial charge on any atom is -0.493 e.